The molecule has 2 atom stereocenters. The van der Waals surface area contributed by atoms with E-state index in [2.05, 4.69) is 6.07 Å². The molecule has 0 saturated carbocycles. The van der Waals surface area contributed by atoms with E-state index < -0.39 is 5.92 Å². The third kappa shape index (κ3) is 2.92. The van der Waals surface area contributed by atoms with Crippen LogP contribution in [0.3, 0.4) is 0 Å². The number of ketones is 1. The highest BCUT2D eigenvalue weighted by atomic mass is 16.5. The van der Waals surface area contributed by atoms with Gasteiger partial charge in [0.2, 0.25) is 0 Å². The van der Waals surface area contributed by atoms with Crippen molar-refractivity contribution in [3.63, 3.8) is 0 Å². The normalized spacial score (nSPS) is 18.4. The van der Waals surface area contributed by atoms with Gasteiger partial charge in [0, 0.05) is 5.92 Å². The summed E-state index contributed by atoms with van der Waals surface area (Å²) in [6, 6.07) is 8.05. The average Bonchev–Trinajstić information content (AvgIpc) is 2.88. The van der Waals surface area contributed by atoms with Crippen LogP contribution in [0.4, 0.5) is 0 Å². The molecule has 1 aromatic rings. The van der Waals surface area contributed by atoms with E-state index in [1.807, 2.05) is 25.1 Å². The first-order valence-corrected chi connectivity index (χ1v) is 7.47. The first-order valence-electron chi connectivity index (χ1n) is 7.47. The van der Waals surface area contributed by atoms with Gasteiger partial charge in [-0.2, -0.15) is 0 Å². The number of rotatable bonds is 6. The van der Waals surface area contributed by atoms with E-state index in [0.29, 0.717) is 13.0 Å². The second kappa shape index (κ2) is 6.69. The quantitative estimate of drug-likeness (QED) is 0.590. The fourth-order valence-electron chi connectivity index (χ4n) is 3.00. The SMILES string of the molecule is CCCC(C(=O)OCC)C(=O)C1CCc2ccccc21. The van der Waals surface area contributed by atoms with Crippen molar-refractivity contribution in [2.24, 2.45) is 5.92 Å². The minimum atomic E-state index is -0.601. The van der Waals surface area contributed by atoms with Crippen LogP contribution >= 0.6 is 0 Å². The minimum absolute atomic E-state index is 0.0373. The molecule has 20 heavy (non-hydrogen) atoms. The van der Waals surface area contributed by atoms with Crippen LogP contribution in [0.1, 0.15) is 50.2 Å². The molecule has 1 aliphatic carbocycles. The Morgan fingerprint density at radius 3 is 2.75 bits per heavy atom. The molecule has 0 bridgehead atoms. The van der Waals surface area contributed by atoms with Crippen molar-refractivity contribution in [3.05, 3.63) is 35.4 Å². The van der Waals surface area contributed by atoms with Gasteiger partial charge in [-0.1, -0.05) is 37.6 Å². The summed E-state index contributed by atoms with van der Waals surface area (Å²) in [5, 5.41) is 0. The third-order valence-corrected chi connectivity index (χ3v) is 3.97. The zero-order valence-corrected chi connectivity index (χ0v) is 12.2. The number of benzene rings is 1. The number of carbonyl (C=O) groups is 2. The zero-order valence-electron chi connectivity index (χ0n) is 12.2. The summed E-state index contributed by atoms with van der Waals surface area (Å²) < 4.78 is 5.07. The molecule has 3 heteroatoms. The molecule has 1 aromatic carbocycles. The maximum atomic E-state index is 12.7. The summed E-state index contributed by atoms with van der Waals surface area (Å²) >= 11 is 0. The first-order chi connectivity index (χ1) is 9.69. The molecule has 3 nitrogen and oxygen atoms in total. The van der Waals surface area contributed by atoms with Crippen LogP contribution in [0, 0.1) is 5.92 Å². The number of aryl methyl sites for hydroxylation is 1. The lowest BCUT2D eigenvalue weighted by molar-refractivity contribution is -0.152. The molecular formula is C17H22O3. The zero-order chi connectivity index (χ0) is 14.5. The second-order valence-electron chi connectivity index (χ2n) is 5.29. The van der Waals surface area contributed by atoms with Gasteiger partial charge in [0.05, 0.1) is 6.61 Å². The molecule has 108 valence electrons. The van der Waals surface area contributed by atoms with Gasteiger partial charge in [-0.25, -0.2) is 0 Å². The van der Waals surface area contributed by atoms with Crippen molar-refractivity contribution in [3.8, 4) is 0 Å². The molecule has 0 aliphatic heterocycles. The van der Waals surface area contributed by atoms with Crippen LogP contribution in [0.5, 0.6) is 0 Å². The van der Waals surface area contributed by atoms with Gasteiger partial charge >= 0.3 is 5.97 Å². The molecule has 0 N–H and O–H groups in total. The van der Waals surface area contributed by atoms with E-state index >= 15 is 0 Å². The van der Waals surface area contributed by atoms with E-state index in [-0.39, 0.29) is 17.7 Å². The second-order valence-corrected chi connectivity index (χ2v) is 5.29. The Bertz CT molecular complexity index is 493. The van der Waals surface area contributed by atoms with Crippen molar-refractivity contribution in [1.29, 1.82) is 0 Å². The van der Waals surface area contributed by atoms with Crippen molar-refractivity contribution in [2.75, 3.05) is 6.61 Å². The predicted octanol–water partition coefficient (Wildman–Crippen LogP) is 3.26. The van der Waals surface area contributed by atoms with Gasteiger partial charge < -0.3 is 4.74 Å². The number of carbonyl (C=O) groups excluding carboxylic acids is 2. The molecule has 0 radical (unpaired) electrons. The number of esters is 1. The van der Waals surface area contributed by atoms with E-state index in [0.717, 1.165) is 24.8 Å². The molecule has 0 aromatic heterocycles. The molecule has 0 spiro atoms. The van der Waals surface area contributed by atoms with Crippen LogP contribution in [0.2, 0.25) is 0 Å². The summed E-state index contributed by atoms with van der Waals surface area (Å²) in [6.45, 7) is 4.09. The highest BCUT2D eigenvalue weighted by molar-refractivity contribution is 6.02. The molecule has 1 aliphatic rings. The fourth-order valence-corrected chi connectivity index (χ4v) is 3.00. The predicted molar refractivity (Wildman–Crippen MR) is 77.5 cm³/mol. The maximum Gasteiger partial charge on any atom is 0.316 e. The van der Waals surface area contributed by atoms with Gasteiger partial charge in [0.15, 0.2) is 5.78 Å². The third-order valence-electron chi connectivity index (χ3n) is 3.97. The van der Waals surface area contributed by atoms with Gasteiger partial charge in [-0.05, 0) is 37.3 Å². The average molecular weight is 274 g/mol. The van der Waals surface area contributed by atoms with Crippen LogP contribution in [-0.2, 0) is 20.7 Å². The van der Waals surface area contributed by atoms with Gasteiger partial charge in [-0.15, -0.1) is 0 Å². The van der Waals surface area contributed by atoms with Crippen molar-refractivity contribution >= 4 is 11.8 Å². The van der Waals surface area contributed by atoms with E-state index in [1.165, 1.54) is 5.56 Å². The molecule has 0 heterocycles. The highest BCUT2D eigenvalue weighted by Crippen LogP contribution is 2.36. The molecule has 2 rings (SSSR count). The summed E-state index contributed by atoms with van der Waals surface area (Å²) in [5.74, 6) is -1.05. The number of ether oxygens (including phenoxy) is 1. The monoisotopic (exact) mass is 274 g/mol. The van der Waals surface area contributed by atoms with Crippen molar-refractivity contribution < 1.29 is 14.3 Å². The Kier molecular flexibility index (Phi) is 4.94. The van der Waals surface area contributed by atoms with Gasteiger partial charge in [-0.3, -0.25) is 9.59 Å². The summed E-state index contributed by atoms with van der Waals surface area (Å²) in [6.07, 6.45) is 3.13. The maximum absolute atomic E-state index is 12.7. The van der Waals surface area contributed by atoms with E-state index in [1.54, 1.807) is 6.92 Å². The van der Waals surface area contributed by atoms with Gasteiger partial charge in [0.25, 0.3) is 0 Å². The topological polar surface area (TPSA) is 43.4 Å². The van der Waals surface area contributed by atoms with Gasteiger partial charge in [0.1, 0.15) is 5.92 Å². The Morgan fingerprint density at radius 1 is 1.30 bits per heavy atom. The van der Waals surface area contributed by atoms with E-state index in [4.69, 9.17) is 4.74 Å². The van der Waals surface area contributed by atoms with Crippen LogP contribution in [0.25, 0.3) is 0 Å². The summed E-state index contributed by atoms with van der Waals surface area (Å²) in [4.78, 5) is 24.7. The molecule has 0 fully saturated rings. The Morgan fingerprint density at radius 2 is 2.05 bits per heavy atom. The van der Waals surface area contributed by atoms with Crippen LogP contribution in [-0.4, -0.2) is 18.4 Å². The number of hydrogen-bond acceptors (Lipinski definition) is 3. The summed E-state index contributed by atoms with van der Waals surface area (Å²) in [7, 11) is 0. The number of Topliss-reactive ketones (excluding diaryl/α,β-unsaturated/α-hetero) is 1. The molecule has 0 saturated heterocycles. The Hall–Kier alpha value is -1.64. The fraction of sp³-hybridized carbons (Fsp3) is 0.529. The smallest absolute Gasteiger partial charge is 0.316 e. The minimum Gasteiger partial charge on any atom is -0.465 e. The van der Waals surface area contributed by atoms with Crippen LogP contribution < -0.4 is 0 Å². The highest BCUT2D eigenvalue weighted by Gasteiger charge is 2.36. The first kappa shape index (κ1) is 14.8. The molecule has 0 amide bonds. The lowest BCUT2D eigenvalue weighted by Crippen LogP contribution is -2.29. The number of fused-ring (bicyclic) bond motifs is 1. The lowest BCUT2D eigenvalue weighted by atomic mass is 9.86. The molecular weight excluding hydrogens is 252 g/mol. The largest absolute Gasteiger partial charge is 0.465 e. The lowest BCUT2D eigenvalue weighted by Gasteiger charge is -2.18. The van der Waals surface area contributed by atoms with E-state index in [9.17, 15) is 9.59 Å². The number of hydrogen-bond donors (Lipinski definition) is 0. The Balaban J connectivity index is 2.19. The summed E-state index contributed by atoms with van der Waals surface area (Å²) in [5.41, 5.74) is 2.34. The van der Waals surface area contributed by atoms with Crippen LogP contribution in [0.15, 0.2) is 24.3 Å². The van der Waals surface area contributed by atoms with Crippen molar-refractivity contribution in [2.45, 2.75) is 45.4 Å². The molecule has 2 unspecified atom stereocenters. The Labute approximate surface area is 120 Å². The van der Waals surface area contributed by atoms with Crippen molar-refractivity contribution in [1.82, 2.24) is 0 Å². The standard InChI is InChI=1S/C17H22O3/c1-3-7-15(17(19)20-4-2)16(18)14-11-10-12-8-5-6-9-13(12)14/h5-6,8-9,14-15H,3-4,7,10-11H2,1-2H3.